The van der Waals surface area contributed by atoms with Crippen LogP contribution in [0.1, 0.15) is 74.0 Å². The Morgan fingerprint density at radius 3 is 2.49 bits per heavy atom. The van der Waals surface area contributed by atoms with Crippen LogP contribution in [0.3, 0.4) is 0 Å². The number of halogens is 3. The van der Waals surface area contributed by atoms with Gasteiger partial charge in [-0.25, -0.2) is 9.59 Å². The van der Waals surface area contributed by atoms with E-state index in [4.69, 9.17) is 9.47 Å². The standard InChI is InChI=1S/C25H31F3N2O5/c1-13-19-10-17-14(8-15(25(26,27)28)9-18(17)20(31)34-5)12-30(19)21(32)24(13)7-6-16(11-24)29-22(33)35-23(2,3)4/h8-9,13,16,19H,6-7,10-12H2,1-5H3,(H,29,33)/t13?,16-,19?,24+/m1/s1. The molecule has 35 heavy (non-hydrogen) atoms. The molecule has 1 spiro atoms. The number of esters is 1. The minimum atomic E-state index is -4.63. The lowest BCUT2D eigenvalue weighted by atomic mass is 9.73. The summed E-state index contributed by atoms with van der Waals surface area (Å²) in [5.74, 6) is -1.04. The molecular formula is C25H31F3N2O5. The van der Waals surface area contributed by atoms with Crippen molar-refractivity contribution in [3.63, 3.8) is 0 Å². The molecule has 0 aromatic heterocycles. The Bertz CT molecular complexity index is 1060. The highest BCUT2D eigenvalue weighted by Crippen LogP contribution is 2.55. The van der Waals surface area contributed by atoms with E-state index in [1.165, 1.54) is 0 Å². The van der Waals surface area contributed by atoms with Gasteiger partial charge in [-0.2, -0.15) is 13.2 Å². The molecule has 192 valence electrons. The van der Waals surface area contributed by atoms with Crippen molar-refractivity contribution in [2.45, 2.75) is 83.8 Å². The molecule has 0 bridgehead atoms. The number of carbonyl (C=O) groups excluding carboxylic acids is 3. The number of nitrogens with zero attached hydrogens (tertiary/aromatic N) is 1. The molecule has 2 heterocycles. The molecule has 2 aliphatic heterocycles. The topological polar surface area (TPSA) is 84.9 Å². The monoisotopic (exact) mass is 496 g/mol. The van der Waals surface area contributed by atoms with Crippen LogP contribution in [0.5, 0.6) is 0 Å². The molecule has 1 saturated carbocycles. The molecule has 2 fully saturated rings. The number of fused-ring (bicyclic) bond motifs is 2. The molecule has 2 unspecified atom stereocenters. The number of benzene rings is 1. The Morgan fingerprint density at radius 2 is 1.89 bits per heavy atom. The lowest BCUT2D eigenvalue weighted by molar-refractivity contribution is -0.137. The van der Waals surface area contributed by atoms with Crippen molar-refractivity contribution in [3.05, 3.63) is 34.4 Å². The molecule has 4 rings (SSSR count). The molecule has 10 heteroatoms. The van der Waals surface area contributed by atoms with Crippen LogP contribution < -0.4 is 5.32 Å². The molecule has 1 aromatic rings. The lowest BCUT2D eigenvalue weighted by Crippen LogP contribution is -2.41. The van der Waals surface area contributed by atoms with Crippen LogP contribution in [0.4, 0.5) is 18.0 Å². The summed E-state index contributed by atoms with van der Waals surface area (Å²) in [5.41, 5.74) is -1.58. The Hall–Kier alpha value is -2.78. The zero-order valence-corrected chi connectivity index (χ0v) is 20.5. The van der Waals surface area contributed by atoms with E-state index in [1.807, 2.05) is 6.92 Å². The first kappa shape index (κ1) is 25.3. The second-order valence-corrected chi connectivity index (χ2v) is 10.9. The summed E-state index contributed by atoms with van der Waals surface area (Å²) < 4.78 is 50.7. The van der Waals surface area contributed by atoms with Gasteiger partial charge in [-0.1, -0.05) is 6.92 Å². The number of alkyl halides is 3. The molecule has 1 aromatic carbocycles. The van der Waals surface area contributed by atoms with Gasteiger partial charge < -0.3 is 19.7 Å². The number of hydrogen-bond donors (Lipinski definition) is 1. The Balaban J connectivity index is 1.61. The third kappa shape index (κ3) is 4.47. The third-order valence-corrected chi connectivity index (χ3v) is 7.64. The van der Waals surface area contributed by atoms with Crippen LogP contribution in [-0.2, 0) is 33.4 Å². The van der Waals surface area contributed by atoms with Crippen LogP contribution in [0.2, 0.25) is 0 Å². The maximum Gasteiger partial charge on any atom is 0.416 e. The molecule has 1 N–H and O–H groups in total. The summed E-state index contributed by atoms with van der Waals surface area (Å²) in [4.78, 5) is 40.0. The maximum atomic E-state index is 13.7. The van der Waals surface area contributed by atoms with E-state index in [-0.39, 0.29) is 42.4 Å². The van der Waals surface area contributed by atoms with E-state index in [9.17, 15) is 27.6 Å². The minimum Gasteiger partial charge on any atom is -0.465 e. The minimum absolute atomic E-state index is 0.00297. The van der Waals surface area contributed by atoms with Gasteiger partial charge in [0, 0.05) is 18.6 Å². The summed E-state index contributed by atoms with van der Waals surface area (Å²) in [6.45, 7) is 7.30. The Labute approximate surface area is 202 Å². The fourth-order valence-corrected chi connectivity index (χ4v) is 5.99. The van der Waals surface area contributed by atoms with Crippen LogP contribution >= 0.6 is 0 Å². The van der Waals surface area contributed by atoms with E-state index in [0.717, 1.165) is 19.2 Å². The van der Waals surface area contributed by atoms with Crippen LogP contribution in [0.15, 0.2) is 12.1 Å². The second-order valence-electron chi connectivity index (χ2n) is 10.9. The van der Waals surface area contributed by atoms with E-state index in [1.54, 1.807) is 25.7 Å². The molecule has 1 aliphatic carbocycles. The Kier molecular flexibility index (Phi) is 6.08. The van der Waals surface area contributed by atoms with E-state index >= 15 is 0 Å². The first-order valence-corrected chi connectivity index (χ1v) is 11.8. The number of ether oxygens (including phenoxy) is 2. The average molecular weight is 497 g/mol. The number of nitrogens with one attached hydrogen (secondary N) is 1. The second kappa shape index (κ2) is 8.41. The number of carbonyl (C=O) groups is 3. The SMILES string of the molecule is COC(=O)c1cc(C(F)(F)F)cc2c1CC1C(C)[C@@]3(CC[C@@H](NC(=O)OC(C)(C)C)C3)C(=O)N1C2. The van der Waals surface area contributed by atoms with Crippen molar-refractivity contribution >= 4 is 18.0 Å². The van der Waals surface area contributed by atoms with Crippen LogP contribution in [-0.4, -0.2) is 47.7 Å². The number of alkyl carbamates (subject to hydrolysis) is 1. The van der Waals surface area contributed by atoms with E-state index < -0.39 is 34.8 Å². The number of amides is 2. The van der Waals surface area contributed by atoms with E-state index in [0.29, 0.717) is 30.4 Å². The zero-order chi connectivity index (χ0) is 25.9. The quantitative estimate of drug-likeness (QED) is 0.612. The van der Waals surface area contributed by atoms with Gasteiger partial charge in [-0.05, 0) is 75.6 Å². The predicted octanol–water partition coefficient (Wildman–Crippen LogP) is 4.46. The van der Waals surface area contributed by atoms with Crippen molar-refractivity contribution in [3.8, 4) is 0 Å². The van der Waals surface area contributed by atoms with Crippen LogP contribution in [0, 0.1) is 11.3 Å². The molecule has 3 aliphatic rings. The summed E-state index contributed by atoms with van der Waals surface area (Å²) in [6.07, 6.45) is -3.29. The number of hydrogen-bond acceptors (Lipinski definition) is 5. The predicted molar refractivity (Wildman–Crippen MR) is 119 cm³/mol. The first-order chi connectivity index (χ1) is 16.2. The van der Waals surface area contributed by atoms with Crippen LogP contribution in [0.25, 0.3) is 0 Å². The normalized spacial score (nSPS) is 28.1. The highest BCUT2D eigenvalue weighted by Gasteiger charge is 2.60. The summed E-state index contributed by atoms with van der Waals surface area (Å²) in [6, 6.07) is 1.38. The van der Waals surface area contributed by atoms with Gasteiger partial charge in [0.2, 0.25) is 5.91 Å². The van der Waals surface area contributed by atoms with Crippen molar-refractivity contribution in [2.75, 3.05) is 7.11 Å². The average Bonchev–Trinajstić information content (AvgIpc) is 3.25. The number of rotatable bonds is 2. The van der Waals surface area contributed by atoms with Crippen molar-refractivity contribution in [1.82, 2.24) is 10.2 Å². The van der Waals surface area contributed by atoms with Gasteiger partial charge in [0.25, 0.3) is 0 Å². The molecule has 7 nitrogen and oxygen atoms in total. The fourth-order valence-electron chi connectivity index (χ4n) is 5.99. The van der Waals surface area contributed by atoms with Crippen molar-refractivity contribution in [2.24, 2.45) is 11.3 Å². The third-order valence-electron chi connectivity index (χ3n) is 7.64. The maximum absolute atomic E-state index is 13.7. The zero-order valence-electron chi connectivity index (χ0n) is 20.5. The molecular weight excluding hydrogens is 465 g/mol. The van der Waals surface area contributed by atoms with Gasteiger partial charge in [0.1, 0.15) is 5.60 Å². The molecule has 2 amide bonds. The van der Waals surface area contributed by atoms with Gasteiger partial charge in [-0.3, -0.25) is 4.79 Å². The molecule has 0 radical (unpaired) electrons. The van der Waals surface area contributed by atoms with E-state index in [2.05, 4.69) is 5.32 Å². The van der Waals surface area contributed by atoms with Gasteiger partial charge >= 0.3 is 18.2 Å². The largest absolute Gasteiger partial charge is 0.465 e. The van der Waals surface area contributed by atoms with Gasteiger partial charge in [0.05, 0.1) is 23.7 Å². The molecule has 1 saturated heterocycles. The fraction of sp³-hybridized carbons (Fsp3) is 0.640. The molecule has 4 atom stereocenters. The first-order valence-electron chi connectivity index (χ1n) is 11.8. The highest BCUT2D eigenvalue weighted by molar-refractivity contribution is 5.93. The van der Waals surface area contributed by atoms with Gasteiger partial charge in [0.15, 0.2) is 0 Å². The smallest absolute Gasteiger partial charge is 0.416 e. The Morgan fingerprint density at radius 1 is 1.20 bits per heavy atom. The summed E-state index contributed by atoms with van der Waals surface area (Å²) in [5, 5.41) is 2.86. The lowest BCUT2D eigenvalue weighted by Gasteiger charge is -2.34. The number of methoxy groups -OCH3 is 1. The van der Waals surface area contributed by atoms with Crippen molar-refractivity contribution < 1.29 is 37.0 Å². The van der Waals surface area contributed by atoms with Crippen molar-refractivity contribution in [1.29, 1.82) is 0 Å². The van der Waals surface area contributed by atoms with Gasteiger partial charge in [-0.15, -0.1) is 0 Å². The summed E-state index contributed by atoms with van der Waals surface area (Å²) >= 11 is 0. The summed E-state index contributed by atoms with van der Waals surface area (Å²) in [7, 11) is 1.14. The highest BCUT2D eigenvalue weighted by atomic mass is 19.4.